The molecule has 0 saturated carbocycles. The number of nitrogens with one attached hydrogen (secondary N) is 1. The van der Waals surface area contributed by atoms with Gasteiger partial charge in [0, 0.05) is 37.0 Å². The lowest BCUT2D eigenvalue weighted by Crippen LogP contribution is -2.35. The van der Waals surface area contributed by atoms with Crippen LogP contribution in [0.5, 0.6) is 0 Å². The van der Waals surface area contributed by atoms with Gasteiger partial charge >= 0.3 is 0 Å². The van der Waals surface area contributed by atoms with E-state index in [1.807, 2.05) is 17.9 Å². The van der Waals surface area contributed by atoms with E-state index in [9.17, 15) is 9.59 Å². The van der Waals surface area contributed by atoms with Crippen molar-refractivity contribution in [2.45, 2.75) is 32.9 Å². The number of anilines is 2. The molecule has 3 rings (SSSR count). The molecule has 0 aliphatic carbocycles. The Morgan fingerprint density at radius 3 is 2.74 bits per heavy atom. The van der Waals surface area contributed by atoms with Gasteiger partial charge in [0.15, 0.2) is 0 Å². The van der Waals surface area contributed by atoms with Crippen molar-refractivity contribution in [1.29, 1.82) is 0 Å². The molecule has 8 heteroatoms. The van der Waals surface area contributed by atoms with Gasteiger partial charge in [-0.1, -0.05) is 17.7 Å². The van der Waals surface area contributed by atoms with Gasteiger partial charge in [0.25, 0.3) is 5.56 Å². The number of nitrogens with zero attached hydrogens (tertiary/aromatic N) is 3. The topological polar surface area (TPSA) is 76.5 Å². The van der Waals surface area contributed by atoms with Crippen molar-refractivity contribution in [2.24, 2.45) is 0 Å². The fraction of sp³-hybridized carbons (Fsp3) is 0.421. The molecule has 1 amide bonds. The quantitative estimate of drug-likeness (QED) is 0.820. The van der Waals surface area contributed by atoms with Crippen molar-refractivity contribution in [3.05, 3.63) is 50.9 Å². The highest BCUT2D eigenvalue weighted by Gasteiger charge is 2.21. The van der Waals surface area contributed by atoms with E-state index < -0.39 is 0 Å². The van der Waals surface area contributed by atoms with Crippen LogP contribution < -0.4 is 15.8 Å². The van der Waals surface area contributed by atoms with Gasteiger partial charge in [0.05, 0.1) is 12.3 Å². The Balaban J connectivity index is 1.87. The monoisotopic (exact) mass is 390 g/mol. The maximum absolute atomic E-state index is 12.6. The van der Waals surface area contributed by atoms with Crippen LogP contribution in [0.2, 0.25) is 5.02 Å². The molecule has 2 heterocycles. The molecule has 2 aromatic rings. The lowest BCUT2D eigenvalue weighted by Gasteiger charge is -2.21. The predicted molar refractivity (Wildman–Crippen MR) is 105 cm³/mol. The molecule has 1 aromatic heterocycles. The second-order valence-electron chi connectivity index (χ2n) is 6.61. The lowest BCUT2D eigenvalue weighted by molar-refractivity contribution is -0.116. The van der Waals surface area contributed by atoms with Gasteiger partial charge in [-0.25, -0.2) is 4.98 Å². The van der Waals surface area contributed by atoms with Gasteiger partial charge in [-0.15, -0.1) is 0 Å². The Bertz CT molecular complexity index is 891. The highest BCUT2D eigenvalue weighted by atomic mass is 35.5. The first-order valence-electron chi connectivity index (χ1n) is 8.88. The number of rotatable bonds is 6. The van der Waals surface area contributed by atoms with Crippen molar-refractivity contribution in [3.8, 4) is 0 Å². The maximum Gasteiger partial charge on any atom is 0.255 e. The summed E-state index contributed by atoms with van der Waals surface area (Å²) >= 11 is 6.01. The Hall–Kier alpha value is -2.38. The van der Waals surface area contributed by atoms with E-state index in [1.165, 1.54) is 10.6 Å². The molecule has 0 bridgehead atoms. The van der Waals surface area contributed by atoms with Crippen molar-refractivity contribution in [2.75, 3.05) is 30.4 Å². The summed E-state index contributed by atoms with van der Waals surface area (Å²) in [6, 6.07) is 6.71. The Kier molecular flexibility index (Phi) is 6.13. The second-order valence-corrected chi connectivity index (χ2v) is 7.04. The Morgan fingerprint density at radius 2 is 2.04 bits per heavy atom. The highest BCUT2D eigenvalue weighted by molar-refractivity contribution is 6.31. The maximum atomic E-state index is 12.6. The average molecular weight is 391 g/mol. The van der Waals surface area contributed by atoms with E-state index in [-0.39, 0.29) is 24.6 Å². The normalized spacial score (nSPS) is 13.8. The molecule has 27 heavy (non-hydrogen) atoms. The molecule has 7 nitrogen and oxygen atoms in total. The Morgan fingerprint density at radius 1 is 1.30 bits per heavy atom. The fourth-order valence-corrected chi connectivity index (χ4v) is 3.30. The average Bonchev–Trinajstić information content (AvgIpc) is 3.15. The summed E-state index contributed by atoms with van der Waals surface area (Å²) < 4.78 is 6.52. The molecular formula is C19H23ClN4O3. The summed E-state index contributed by atoms with van der Waals surface area (Å²) in [4.78, 5) is 31.8. The zero-order valence-electron chi connectivity index (χ0n) is 15.5. The number of methoxy groups -OCH3 is 1. The van der Waals surface area contributed by atoms with Gasteiger partial charge in [-0.05, 0) is 37.5 Å². The van der Waals surface area contributed by atoms with Crippen LogP contribution in [0.3, 0.4) is 0 Å². The molecule has 0 spiro atoms. The molecule has 1 aliphatic rings. The molecule has 1 aliphatic heterocycles. The number of amides is 1. The number of carbonyl (C=O) groups is 1. The third kappa shape index (κ3) is 4.67. The van der Waals surface area contributed by atoms with E-state index >= 15 is 0 Å². The number of ether oxygens (including phenoxy) is 1. The summed E-state index contributed by atoms with van der Waals surface area (Å²) in [5.41, 5.74) is 1.82. The summed E-state index contributed by atoms with van der Waals surface area (Å²) in [5, 5.41) is 3.37. The van der Waals surface area contributed by atoms with Gasteiger partial charge in [0.1, 0.15) is 6.54 Å². The van der Waals surface area contributed by atoms with Crippen LogP contribution in [0.4, 0.5) is 11.6 Å². The number of carbonyl (C=O) groups excluding carboxylic acids is 1. The number of halogens is 1. The molecule has 1 saturated heterocycles. The third-order valence-corrected chi connectivity index (χ3v) is 4.73. The molecule has 1 N–H and O–H groups in total. The van der Waals surface area contributed by atoms with E-state index in [0.717, 1.165) is 31.5 Å². The van der Waals surface area contributed by atoms with Gasteiger partial charge in [-0.2, -0.15) is 0 Å². The molecule has 144 valence electrons. The zero-order chi connectivity index (χ0) is 19.4. The van der Waals surface area contributed by atoms with E-state index in [1.54, 1.807) is 19.2 Å². The minimum Gasteiger partial charge on any atom is -0.378 e. The molecule has 0 atom stereocenters. The number of hydrogen-bond donors (Lipinski definition) is 1. The number of hydrogen-bond acceptors (Lipinski definition) is 5. The zero-order valence-corrected chi connectivity index (χ0v) is 16.3. The Labute approximate surface area is 162 Å². The van der Waals surface area contributed by atoms with Crippen molar-refractivity contribution < 1.29 is 9.53 Å². The summed E-state index contributed by atoms with van der Waals surface area (Å²) in [6.45, 7) is 3.66. The highest BCUT2D eigenvalue weighted by Crippen LogP contribution is 2.21. The first kappa shape index (κ1) is 19.4. The number of aromatic nitrogens is 2. The fourth-order valence-electron chi connectivity index (χ4n) is 3.13. The van der Waals surface area contributed by atoms with Crippen LogP contribution in [0.15, 0.2) is 29.1 Å². The summed E-state index contributed by atoms with van der Waals surface area (Å²) in [6.07, 6.45) is 2.08. The largest absolute Gasteiger partial charge is 0.378 e. The van der Waals surface area contributed by atoms with Gasteiger partial charge in [0.2, 0.25) is 11.9 Å². The molecular weight excluding hydrogens is 368 g/mol. The summed E-state index contributed by atoms with van der Waals surface area (Å²) in [7, 11) is 1.56. The van der Waals surface area contributed by atoms with Crippen LogP contribution in [-0.2, 0) is 22.7 Å². The van der Waals surface area contributed by atoms with Crippen molar-refractivity contribution in [1.82, 2.24) is 9.55 Å². The standard InChI is InChI=1S/C19H23ClN4O3/c1-13-5-6-14(20)9-16(13)22-17(25)11-24-18(26)10-15(12-27-2)21-19(24)23-7-3-4-8-23/h5-6,9-10H,3-4,7-8,11-12H2,1-2H3,(H,22,25). The van der Waals surface area contributed by atoms with Crippen LogP contribution in [0.1, 0.15) is 24.1 Å². The van der Waals surface area contributed by atoms with Gasteiger partial charge in [-0.3, -0.25) is 14.2 Å². The molecule has 0 unspecified atom stereocenters. The third-order valence-electron chi connectivity index (χ3n) is 4.50. The summed E-state index contributed by atoms with van der Waals surface area (Å²) in [5.74, 6) is 0.217. The molecule has 1 fully saturated rings. The minimum absolute atomic E-state index is 0.114. The van der Waals surface area contributed by atoms with Crippen molar-refractivity contribution >= 4 is 29.1 Å². The minimum atomic E-state index is -0.302. The molecule has 1 aromatic carbocycles. The van der Waals surface area contributed by atoms with Crippen LogP contribution >= 0.6 is 11.6 Å². The smallest absolute Gasteiger partial charge is 0.255 e. The van der Waals surface area contributed by atoms with Crippen molar-refractivity contribution in [3.63, 3.8) is 0 Å². The van der Waals surface area contributed by atoms with Crippen LogP contribution in [0.25, 0.3) is 0 Å². The second kappa shape index (κ2) is 8.54. The van der Waals surface area contributed by atoms with E-state index in [4.69, 9.17) is 16.3 Å². The first-order chi connectivity index (χ1) is 13.0. The SMILES string of the molecule is COCc1cc(=O)n(CC(=O)Nc2cc(Cl)ccc2C)c(N2CCCC2)n1. The first-order valence-corrected chi connectivity index (χ1v) is 9.26. The number of aryl methyl sites for hydroxylation is 1. The van der Waals surface area contributed by atoms with Crippen LogP contribution in [0, 0.1) is 6.92 Å². The van der Waals surface area contributed by atoms with E-state index in [2.05, 4.69) is 10.3 Å². The number of benzene rings is 1. The van der Waals surface area contributed by atoms with Gasteiger partial charge < -0.3 is 15.0 Å². The van der Waals surface area contributed by atoms with E-state index in [0.29, 0.717) is 22.4 Å². The lowest BCUT2D eigenvalue weighted by atomic mass is 10.2. The molecule has 0 radical (unpaired) electrons. The van der Waals surface area contributed by atoms with Crippen LogP contribution in [-0.4, -0.2) is 35.7 Å². The predicted octanol–water partition coefficient (Wildman–Crippen LogP) is 2.59.